The number of nitrogens with zero attached hydrogens (tertiary/aromatic N) is 2. The highest BCUT2D eigenvalue weighted by Crippen LogP contribution is 2.36. The number of hydrogen-bond acceptors (Lipinski definition) is 4. The van der Waals surface area contributed by atoms with Crippen molar-refractivity contribution in [1.29, 1.82) is 0 Å². The second kappa shape index (κ2) is 7.53. The van der Waals surface area contributed by atoms with Crippen LogP contribution < -0.4 is 11.1 Å². The van der Waals surface area contributed by atoms with Crippen LogP contribution in [0.15, 0.2) is 67.1 Å². The van der Waals surface area contributed by atoms with E-state index >= 15 is 0 Å². The van der Waals surface area contributed by atoms with Crippen molar-refractivity contribution in [3.63, 3.8) is 0 Å². The minimum Gasteiger partial charge on any atom is -0.340 e. The first-order valence-corrected chi connectivity index (χ1v) is 9.15. The number of aromatic nitrogens is 2. The average Bonchev–Trinajstić information content (AvgIpc) is 2.68. The van der Waals surface area contributed by atoms with Crippen LogP contribution in [0, 0.1) is 0 Å². The minimum atomic E-state index is 0.407. The summed E-state index contributed by atoms with van der Waals surface area (Å²) in [5.74, 6) is 0.743. The summed E-state index contributed by atoms with van der Waals surface area (Å²) < 4.78 is 0. The van der Waals surface area contributed by atoms with Gasteiger partial charge in [-0.3, -0.25) is 0 Å². The van der Waals surface area contributed by atoms with Crippen LogP contribution in [-0.4, -0.2) is 9.97 Å². The molecule has 0 aliphatic carbocycles. The van der Waals surface area contributed by atoms with Crippen LogP contribution in [0.1, 0.15) is 5.56 Å². The van der Waals surface area contributed by atoms with E-state index in [1.807, 2.05) is 30.3 Å². The maximum Gasteiger partial charge on any atom is 0.133 e. The summed E-state index contributed by atoms with van der Waals surface area (Å²) in [5.41, 5.74) is 10.0. The number of anilines is 2. The van der Waals surface area contributed by atoms with Gasteiger partial charge in [-0.15, -0.1) is 0 Å². The number of hydrogen-bond donors (Lipinski definition) is 2. The zero-order valence-corrected chi connectivity index (χ0v) is 15.8. The lowest BCUT2D eigenvalue weighted by molar-refractivity contribution is 1.09. The van der Waals surface area contributed by atoms with Gasteiger partial charge in [0.25, 0.3) is 0 Å². The highest BCUT2D eigenvalue weighted by Gasteiger charge is 2.12. The molecule has 6 heteroatoms. The number of rotatable bonds is 4. The third kappa shape index (κ3) is 3.60. The zero-order chi connectivity index (χ0) is 18.8. The molecule has 1 heterocycles. The lowest BCUT2D eigenvalue weighted by Crippen LogP contribution is -2.01. The molecule has 0 amide bonds. The number of nitrogens with two attached hydrogens (primary N) is 1. The molecular formula is C21H16Cl2N4. The van der Waals surface area contributed by atoms with Gasteiger partial charge in [0.1, 0.15) is 12.1 Å². The molecule has 0 spiro atoms. The first kappa shape index (κ1) is 17.7. The van der Waals surface area contributed by atoms with Gasteiger partial charge in [-0.25, -0.2) is 9.97 Å². The first-order chi connectivity index (χ1) is 13.2. The Labute approximate surface area is 167 Å². The van der Waals surface area contributed by atoms with Crippen molar-refractivity contribution in [2.75, 3.05) is 5.32 Å². The zero-order valence-electron chi connectivity index (χ0n) is 14.3. The summed E-state index contributed by atoms with van der Waals surface area (Å²) in [4.78, 5) is 8.12. The van der Waals surface area contributed by atoms with Crippen molar-refractivity contribution in [2.45, 2.75) is 6.54 Å². The van der Waals surface area contributed by atoms with E-state index in [4.69, 9.17) is 28.9 Å². The Balaban J connectivity index is 1.79. The van der Waals surface area contributed by atoms with Crippen LogP contribution in [-0.2, 0) is 6.54 Å². The maximum atomic E-state index is 6.41. The van der Waals surface area contributed by atoms with Gasteiger partial charge >= 0.3 is 0 Å². The van der Waals surface area contributed by atoms with Gasteiger partial charge in [0.05, 0.1) is 0 Å². The molecule has 4 rings (SSSR count). The molecule has 4 nitrogen and oxygen atoms in total. The number of halogens is 2. The van der Waals surface area contributed by atoms with Gasteiger partial charge in [-0.1, -0.05) is 47.5 Å². The topological polar surface area (TPSA) is 63.8 Å². The molecule has 1 aromatic heterocycles. The van der Waals surface area contributed by atoms with Crippen molar-refractivity contribution in [3.8, 4) is 11.1 Å². The molecule has 0 aliphatic rings. The van der Waals surface area contributed by atoms with E-state index in [0.29, 0.717) is 16.6 Å². The van der Waals surface area contributed by atoms with Crippen molar-refractivity contribution in [2.24, 2.45) is 5.73 Å². The predicted octanol–water partition coefficient (Wildman–Crippen LogP) is 5.81. The van der Waals surface area contributed by atoms with Gasteiger partial charge < -0.3 is 11.1 Å². The fraction of sp³-hybridized carbons (Fsp3) is 0.0476. The van der Waals surface area contributed by atoms with Crippen molar-refractivity contribution >= 4 is 45.5 Å². The Kier molecular flexibility index (Phi) is 4.94. The van der Waals surface area contributed by atoms with E-state index in [9.17, 15) is 0 Å². The minimum absolute atomic E-state index is 0.407. The van der Waals surface area contributed by atoms with Crippen molar-refractivity contribution in [3.05, 3.63) is 82.7 Å². The summed E-state index contributed by atoms with van der Waals surface area (Å²) in [6.45, 7) is 0.407. The quantitative estimate of drug-likeness (QED) is 0.458. The molecule has 4 aromatic rings. The summed E-state index contributed by atoms with van der Waals surface area (Å²) in [6.07, 6.45) is 3.21. The Hall–Kier alpha value is -2.66. The Bertz CT molecular complexity index is 1110. The molecular weight excluding hydrogens is 379 g/mol. The molecule has 0 unspecified atom stereocenters. The van der Waals surface area contributed by atoms with Gasteiger partial charge in [0.15, 0.2) is 0 Å². The van der Waals surface area contributed by atoms with Crippen LogP contribution in [0.25, 0.3) is 21.9 Å². The van der Waals surface area contributed by atoms with Gasteiger partial charge in [0.2, 0.25) is 0 Å². The van der Waals surface area contributed by atoms with Crippen LogP contribution in [0.4, 0.5) is 11.5 Å². The third-order valence-corrected chi connectivity index (χ3v) is 4.96. The Morgan fingerprint density at radius 1 is 0.926 bits per heavy atom. The average molecular weight is 395 g/mol. The van der Waals surface area contributed by atoms with Crippen LogP contribution in [0.3, 0.4) is 0 Å². The van der Waals surface area contributed by atoms with E-state index < -0.39 is 0 Å². The largest absolute Gasteiger partial charge is 0.340 e. The standard InChI is InChI=1S/C21H16Cl2N4/c22-14-2-5-18(20(23)10-14)17-4-1-13-9-15(3-6-16(13)19(17)11-24)27-21-7-8-25-12-26-21/h1-10,12H,11,24H2,(H,25,26,27). The summed E-state index contributed by atoms with van der Waals surface area (Å²) in [6, 6.07) is 17.6. The molecule has 3 aromatic carbocycles. The highest BCUT2D eigenvalue weighted by atomic mass is 35.5. The van der Waals surface area contributed by atoms with E-state index in [1.165, 1.54) is 6.33 Å². The molecule has 0 aliphatic heterocycles. The summed E-state index contributed by atoms with van der Waals surface area (Å²) in [5, 5.41) is 6.68. The molecule has 0 fully saturated rings. The monoisotopic (exact) mass is 394 g/mol. The second-order valence-electron chi connectivity index (χ2n) is 6.08. The van der Waals surface area contributed by atoms with Gasteiger partial charge in [0, 0.05) is 34.0 Å². The third-order valence-electron chi connectivity index (χ3n) is 4.41. The molecule has 3 N–H and O–H groups in total. The Morgan fingerprint density at radius 3 is 2.52 bits per heavy atom. The number of nitrogens with one attached hydrogen (secondary N) is 1. The van der Waals surface area contributed by atoms with Gasteiger partial charge in [-0.2, -0.15) is 0 Å². The van der Waals surface area contributed by atoms with E-state index in [2.05, 4.69) is 33.5 Å². The lowest BCUT2D eigenvalue weighted by Gasteiger charge is -2.14. The predicted molar refractivity (Wildman–Crippen MR) is 113 cm³/mol. The molecule has 0 radical (unpaired) electrons. The highest BCUT2D eigenvalue weighted by molar-refractivity contribution is 6.36. The van der Waals surface area contributed by atoms with Crippen molar-refractivity contribution < 1.29 is 0 Å². The van der Waals surface area contributed by atoms with E-state index in [1.54, 1.807) is 12.3 Å². The summed E-state index contributed by atoms with van der Waals surface area (Å²) >= 11 is 12.4. The van der Waals surface area contributed by atoms with E-state index in [-0.39, 0.29) is 0 Å². The van der Waals surface area contributed by atoms with Crippen LogP contribution in [0.2, 0.25) is 10.0 Å². The summed E-state index contributed by atoms with van der Waals surface area (Å²) in [7, 11) is 0. The lowest BCUT2D eigenvalue weighted by atomic mass is 9.94. The number of benzene rings is 3. The Morgan fingerprint density at radius 2 is 1.78 bits per heavy atom. The van der Waals surface area contributed by atoms with Crippen molar-refractivity contribution in [1.82, 2.24) is 9.97 Å². The SMILES string of the molecule is NCc1c(-c2ccc(Cl)cc2Cl)ccc2cc(Nc3ccncn3)ccc12. The molecule has 0 saturated heterocycles. The number of fused-ring (bicyclic) bond motifs is 1. The molecule has 0 atom stereocenters. The first-order valence-electron chi connectivity index (χ1n) is 8.40. The smallest absolute Gasteiger partial charge is 0.133 e. The molecule has 27 heavy (non-hydrogen) atoms. The fourth-order valence-electron chi connectivity index (χ4n) is 3.16. The fourth-order valence-corrected chi connectivity index (χ4v) is 3.67. The maximum absolute atomic E-state index is 6.41. The second-order valence-corrected chi connectivity index (χ2v) is 6.92. The molecule has 0 bridgehead atoms. The van der Waals surface area contributed by atoms with Crippen LogP contribution in [0.5, 0.6) is 0 Å². The van der Waals surface area contributed by atoms with E-state index in [0.717, 1.165) is 39.0 Å². The van der Waals surface area contributed by atoms with Gasteiger partial charge in [-0.05, 0) is 52.2 Å². The van der Waals surface area contributed by atoms with Crippen LogP contribution >= 0.6 is 23.2 Å². The molecule has 134 valence electrons. The molecule has 0 saturated carbocycles. The normalized spacial score (nSPS) is 10.9.